The van der Waals surface area contributed by atoms with Gasteiger partial charge in [0.1, 0.15) is 0 Å². The molecule has 0 aliphatic carbocycles. The van der Waals surface area contributed by atoms with Gasteiger partial charge in [0.2, 0.25) is 5.91 Å². The summed E-state index contributed by atoms with van der Waals surface area (Å²) >= 11 is 0. The van der Waals surface area contributed by atoms with E-state index in [9.17, 15) is 4.79 Å². The van der Waals surface area contributed by atoms with Crippen LogP contribution in [0.3, 0.4) is 0 Å². The van der Waals surface area contributed by atoms with Gasteiger partial charge in [-0.3, -0.25) is 4.79 Å². The van der Waals surface area contributed by atoms with Crippen LogP contribution < -0.4 is 5.73 Å². The summed E-state index contributed by atoms with van der Waals surface area (Å²) in [7, 11) is 0. The first-order valence-corrected chi connectivity index (χ1v) is 5.65. The summed E-state index contributed by atoms with van der Waals surface area (Å²) in [6.45, 7) is 7.82. The second kappa shape index (κ2) is 7.80. The summed E-state index contributed by atoms with van der Waals surface area (Å²) in [5.41, 5.74) is 5.61. The van der Waals surface area contributed by atoms with Crippen molar-refractivity contribution < 1.29 is 4.79 Å². The maximum absolute atomic E-state index is 11.7. The van der Waals surface area contributed by atoms with Gasteiger partial charge in [-0.1, -0.05) is 13.3 Å². The highest BCUT2D eigenvalue weighted by molar-refractivity contribution is 5.76. The third kappa shape index (κ3) is 5.97. The van der Waals surface area contributed by atoms with Crippen molar-refractivity contribution in [3.63, 3.8) is 0 Å². The van der Waals surface area contributed by atoms with Crippen LogP contribution in [-0.4, -0.2) is 29.9 Å². The Balaban J connectivity index is 3.79. The standard InChI is InChI=1S/C11H24N2O/c1-4-6-9-13(5-2)11(14)8-7-10(3)12/h10H,4-9,12H2,1-3H3. The van der Waals surface area contributed by atoms with Gasteiger partial charge in [-0.15, -0.1) is 0 Å². The van der Waals surface area contributed by atoms with Gasteiger partial charge in [0.15, 0.2) is 0 Å². The van der Waals surface area contributed by atoms with Crippen molar-refractivity contribution in [2.45, 2.75) is 52.5 Å². The van der Waals surface area contributed by atoms with Crippen LogP contribution in [-0.2, 0) is 4.79 Å². The molecule has 0 rings (SSSR count). The fourth-order valence-electron chi connectivity index (χ4n) is 1.32. The van der Waals surface area contributed by atoms with Crippen molar-refractivity contribution in [3.8, 4) is 0 Å². The third-order valence-corrected chi connectivity index (χ3v) is 2.33. The lowest BCUT2D eigenvalue weighted by molar-refractivity contribution is -0.131. The molecule has 3 heteroatoms. The second-order valence-corrected chi connectivity index (χ2v) is 3.84. The number of hydrogen-bond acceptors (Lipinski definition) is 2. The molecule has 0 saturated carbocycles. The van der Waals surface area contributed by atoms with Gasteiger partial charge < -0.3 is 10.6 Å². The number of rotatable bonds is 7. The first kappa shape index (κ1) is 13.4. The average Bonchev–Trinajstić information content (AvgIpc) is 2.16. The normalized spacial score (nSPS) is 12.6. The molecule has 14 heavy (non-hydrogen) atoms. The molecular weight excluding hydrogens is 176 g/mol. The summed E-state index contributed by atoms with van der Waals surface area (Å²) in [6.07, 6.45) is 3.62. The van der Waals surface area contributed by atoms with Gasteiger partial charge in [0.25, 0.3) is 0 Å². The van der Waals surface area contributed by atoms with E-state index < -0.39 is 0 Å². The SMILES string of the molecule is CCCCN(CC)C(=O)CCC(C)N. The van der Waals surface area contributed by atoms with Crippen molar-refractivity contribution in [3.05, 3.63) is 0 Å². The van der Waals surface area contributed by atoms with E-state index in [1.54, 1.807) is 0 Å². The molecule has 1 atom stereocenters. The average molecular weight is 200 g/mol. The van der Waals surface area contributed by atoms with Crippen LogP contribution in [0.15, 0.2) is 0 Å². The van der Waals surface area contributed by atoms with Gasteiger partial charge in [-0.2, -0.15) is 0 Å². The minimum absolute atomic E-state index is 0.129. The van der Waals surface area contributed by atoms with Gasteiger partial charge in [0, 0.05) is 25.6 Å². The molecule has 1 amide bonds. The molecule has 0 aromatic rings. The number of nitrogens with zero attached hydrogens (tertiary/aromatic N) is 1. The van der Waals surface area contributed by atoms with Crippen molar-refractivity contribution in [1.29, 1.82) is 0 Å². The minimum atomic E-state index is 0.129. The molecule has 1 unspecified atom stereocenters. The van der Waals surface area contributed by atoms with E-state index in [2.05, 4.69) is 6.92 Å². The lowest BCUT2D eigenvalue weighted by Gasteiger charge is -2.20. The van der Waals surface area contributed by atoms with Crippen LogP contribution in [0.1, 0.15) is 46.5 Å². The zero-order chi connectivity index (χ0) is 11.0. The number of carbonyl (C=O) groups is 1. The molecule has 0 bridgehead atoms. The Morgan fingerprint density at radius 3 is 2.50 bits per heavy atom. The third-order valence-electron chi connectivity index (χ3n) is 2.33. The lowest BCUT2D eigenvalue weighted by atomic mass is 10.2. The van der Waals surface area contributed by atoms with Crippen LogP contribution in [0, 0.1) is 0 Å². The zero-order valence-electron chi connectivity index (χ0n) is 9.75. The Morgan fingerprint density at radius 1 is 1.43 bits per heavy atom. The van der Waals surface area contributed by atoms with Crippen molar-refractivity contribution in [1.82, 2.24) is 4.90 Å². The van der Waals surface area contributed by atoms with Crippen LogP contribution in [0.2, 0.25) is 0 Å². The fraction of sp³-hybridized carbons (Fsp3) is 0.909. The predicted octanol–water partition coefficient (Wildman–Crippen LogP) is 1.76. The van der Waals surface area contributed by atoms with Crippen LogP contribution in [0.4, 0.5) is 0 Å². The highest BCUT2D eigenvalue weighted by Crippen LogP contribution is 2.02. The summed E-state index contributed by atoms with van der Waals surface area (Å²) < 4.78 is 0. The van der Waals surface area contributed by atoms with E-state index in [1.807, 2.05) is 18.7 Å². The highest BCUT2D eigenvalue weighted by Gasteiger charge is 2.10. The van der Waals surface area contributed by atoms with E-state index in [-0.39, 0.29) is 11.9 Å². The van der Waals surface area contributed by atoms with E-state index >= 15 is 0 Å². The summed E-state index contributed by atoms with van der Waals surface area (Å²) in [4.78, 5) is 13.6. The fourth-order valence-corrected chi connectivity index (χ4v) is 1.32. The van der Waals surface area contributed by atoms with Crippen molar-refractivity contribution in [2.24, 2.45) is 5.73 Å². The number of nitrogens with two attached hydrogens (primary N) is 1. The lowest BCUT2D eigenvalue weighted by Crippen LogP contribution is -2.32. The van der Waals surface area contributed by atoms with E-state index in [0.29, 0.717) is 6.42 Å². The number of carbonyl (C=O) groups excluding carboxylic acids is 1. The molecule has 0 spiro atoms. The van der Waals surface area contributed by atoms with E-state index in [4.69, 9.17) is 5.73 Å². The van der Waals surface area contributed by atoms with Crippen molar-refractivity contribution in [2.75, 3.05) is 13.1 Å². The minimum Gasteiger partial charge on any atom is -0.343 e. The molecule has 0 aliphatic rings. The van der Waals surface area contributed by atoms with Crippen molar-refractivity contribution >= 4 is 5.91 Å². The molecule has 0 heterocycles. The smallest absolute Gasteiger partial charge is 0.222 e. The molecule has 3 nitrogen and oxygen atoms in total. The largest absolute Gasteiger partial charge is 0.343 e. The number of amides is 1. The zero-order valence-corrected chi connectivity index (χ0v) is 9.75. The van der Waals surface area contributed by atoms with Gasteiger partial charge in [0.05, 0.1) is 0 Å². The quantitative estimate of drug-likeness (QED) is 0.680. The number of hydrogen-bond donors (Lipinski definition) is 1. The Morgan fingerprint density at radius 2 is 2.07 bits per heavy atom. The van der Waals surface area contributed by atoms with Crippen LogP contribution >= 0.6 is 0 Å². The molecule has 0 aromatic heterocycles. The van der Waals surface area contributed by atoms with Crippen LogP contribution in [0.5, 0.6) is 0 Å². The first-order chi connectivity index (χ1) is 6.61. The maximum Gasteiger partial charge on any atom is 0.222 e. The Labute approximate surface area is 87.6 Å². The molecule has 0 fully saturated rings. The molecule has 0 aliphatic heterocycles. The highest BCUT2D eigenvalue weighted by atomic mass is 16.2. The Hall–Kier alpha value is -0.570. The molecule has 84 valence electrons. The second-order valence-electron chi connectivity index (χ2n) is 3.84. The van der Waals surface area contributed by atoms with E-state index in [1.165, 1.54) is 0 Å². The molecule has 0 saturated heterocycles. The monoisotopic (exact) mass is 200 g/mol. The molecule has 0 radical (unpaired) electrons. The molecule has 2 N–H and O–H groups in total. The van der Waals surface area contributed by atoms with Gasteiger partial charge in [-0.25, -0.2) is 0 Å². The predicted molar refractivity (Wildman–Crippen MR) is 60.0 cm³/mol. The number of unbranched alkanes of at least 4 members (excludes halogenated alkanes) is 1. The first-order valence-electron chi connectivity index (χ1n) is 5.65. The summed E-state index contributed by atoms with van der Waals surface area (Å²) in [6, 6.07) is 0.129. The van der Waals surface area contributed by atoms with Crippen LogP contribution in [0.25, 0.3) is 0 Å². The molecular formula is C11H24N2O. The topological polar surface area (TPSA) is 46.3 Å². The van der Waals surface area contributed by atoms with Gasteiger partial charge >= 0.3 is 0 Å². The maximum atomic E-state index is 11.7. The molecule has 0 aromatic carbocycles. The van der Waals surface area contributed by atoms with Gasteiger partial charge in [-0.05, 0) is 26.7 Å². The Bertz CT molecular complexity index is 157. The Kier molecular flexibility index (Phi) is 7.48. The summed E-state index contributed by atoms with van der Waals surface area (Å²) in [5.74, 6) is 0.248. The summed E-state index contributed by atoms with van der Waals surface area (Å²) in [5, 5.41) is 0. The van der Waals surface area contributed by atoms with E-state index in [0.717, 1.165) is 32.4 Å².